The summed E-state index contributed by atoms with van der Waals surface area (Å²) in [5.41, 5.74) is -0.629. The lowest BCUT2D eigenvalue weighted by Gasteiger charge is -2.31. The lowest BCUT2D eigenvalue weighted by atomic mass is 9.74. The predicted octanol–water partition coefficient (Wildman–Crippen LogP) is 4.49. The number of hydrogen-bond acceptors (Lipinski definition) is 2. The van der Waals surface area contributed by atoms with Crippen LogP contribution in [0.3, 0.4) is 0 Å². The predicted molar refractivity (Wildman–Crippen MR) is 74.8 cm³/mol. The number of hydrogen-bond donors (Lipinski definition) is 1. The smallest absolute Gasteiger partial charge is 0.129 e. The third-order valence-electron chi connectivity index (χ3n) is 3.99. The van der Waals surface area contributed by atoms with Crippen LogP contribution in [0.4, 0.5) is 4.39 Å². The molecule has 1 aliphatic carbocycles. The molecule has 1 aliphatic rings. The summed E-state index contributed by atoms with van der Waals surface area (Å²) in [6.07, 6.45) is 4.20. The molecular weight excluding hydrogens is 309 g/mol. The lowest BCUT2D eigenvalue weighted by Crippen LogP contribution is -2.27. The molecule has 0 amide bonds. The van der Waals surface area contributed by atoms with E-state index in [1.807, 2.05) is 0 Å². The fourth-order valence-electron chi connectivity index (χ4n) is 2.83. The van der Waals surface area contributed by atoms with Gasteiger partial charge in [-0.25, -0.2) is 4.39 Å². The van der Waals surface area contributed by atoms with E-state index in [0.29, 0.717) is 17.3 Å². The SMILES string of the molecule is N#CC1(C(O)c2cc(Br)ccc2F)CCCCCC1. The first-order valence-corrected chi connectivity index (χ1v) is 7.43. The van der Waals surface area contributed by atoms with E-state index in [-0.39, 0.29) is 5.56 Å². The lowest BCUT2D eigenvalue weighted by molar-refractivity contribution is 0.0486. The van der Waals surface area contributed by atoms with Gasteiger partial charge in [0, 0.05) is 10.0 Å². The zero-order chi connectivity index (χ0) is 13.9. The number of aliphatic hydroxyl groups excluding tert-OH is 1. The van der Waals surface area contributed by atoms with Gasteiger partial charge < -0.3 is 5.11 Å². The van der Waals surface area contributed by atoms with Crippen LogP contribution < -0.4 is 0 Å². The molecule has 4 heteroatoms. The zero-order valence-corrected chi connectivity index (χ0v) is 12.3. The Morgan fingerprint density at radius 3 is 2.47 bits per heavy atom. The fourth-order valence-corrected chi connectivity index (χ4v) is 3.21. The van der Waals surface area contributed by atoms with E-state index in [0.717, 1.165) is 25.7 Å². The highest BCUT2D eigenvalue weighted by Crippen LogP contribution is 2.45. The van der Waals surface area contributed by atoms with Gasteiger partial charge in [-0.05, 0) is 31.0 Å². The van der Waals surface area contributed by atoms with Crippen LogP contribution in [0.1, 0.15) is 50.2 Å². The number of rotatable bonds is 2. The van der Waals surface area contributed by atoms with Crippen molar-refractivity contribution in [1.29, 1.82) is 5.26 Å². The van der Waals surface area contributed by atoms with Gasteiger partial charge in [-0.2, -0.15) is 5.26 Å². The van der Waals surface area contributed by atoms with E-state index in [1.165, 1.54) is 6.07 Å². The largest absolute Gasteiger partial charge is 0.387 e. The highest BCUT2D eigenvalue weighted by molar-refractivity contribution is 9.10. The standard InChI is InChI=1S/C15H17BrFNO/c16-11-5-6-13(17)12(9-11)14(19)15(10-18)7-3-1-2-4-8-15/h5-6,9,14,19H,1-4,7-8H2. The van der Waals surface area contributed by atoms with Crippen LogP contribution >= 0.6 is 15.9 Å². The molecule has 1 aromatic rings. The zero-order valence-electron chi connectivity index (χ0n) is 10.7. The Balaban J connectivity index is 2.37. The van der Waals surface area contributed by atoms with Crippen molar-refractivity contribution in [2.24, 2.45) is 5.41 Å². The van der Waals surface area contributed by atoms with Crippen molar-refractivity contribution in [3.8, 4) is 6.07 Å². The Labute approximate surface area is 121 Å². The summed E-state index contributed by atoms with van der Waals surface area (Å²) < 4.78 is 14.6. The van der Waals surface area contributed by atoms with Gasteiger partial charge in [0.15, 0.2) is 0 Å². The first-order valence-electron chi connectivity index (χ1n) is 6.63. The minimum atomic E-state index is -1.06. The summed E-state index contributed by atoms with van der Waals surface area (Å²) in [7, 11) is 0. The second-order valence-electron chi connectivity index (χ2n) is 5.25. The van der Waals surface area contributed by atoms with Crippen LogP contribution in [0.5, 0.6) is 0 Å². The molecule has 0 aromatic heterocycles. The number of benzene rings is 1. The van der Waals surface area contributed by atoms with Crippen molar-refractivity contribution in [3.05, 3.63) is 34.1 Å². The summed E-state index contributed by atoms with van der Waals surface area (Å²) in [5, 5.41) is 20.1. The topological polar surface area (TPSA) is 44.0 Å². The molecule has 0 radical (unpaired) electrons. The van der Waals surface area contributed by atoms with Crippen LogP contribution in [0.15, 0.2) is 22.7 Å². The van der Waals surface area contributed by atoms with Crippen molar-refractivity contribution in [2.75, 3.05) is 0 Å². The summed E-state index contributed by atoms with van der Waals surface area (Å²) >= 11 is 3.28. The first kappa shape index (κ1) is 14.5. The maximum atomic E-state index is 13.9. The Morgan fingerprint density at radius 2 is 1.89 bits per heavy atom. The number of nitrogens with zero attached hydrogens (tertiary/aromatic N) is 1. The van der Waals surface area contributed by atoms with E-state index < -0.39 is 17.3 Å². The van der Waals surface area contributed by atoms with E-state index in [4.69, 9.17) is 0 Å². The molecule has 1 unspecified atom stereocenters. The van der Waals surface area contributed by atoms with Gasteiger partial charge in [0.2, 0.25) is 0 Å². The van der Waals surface area contributed by atoms with Gasteiger partial charge >= 0.3 is 0 Å². The number of aliphatic hydroxyl groups is 1. The summed E-state index contributed by atoms with van der Waals surface area (Å²) in [4.78, 5) is 0. The van der Waals surface area contributed by atoms with Crippen molar-refractivity contribution in [1.82, 2.24) is 0 Å². The monoisotopic (exact) mass is 325 g/mol. The van der Waals surface area contributed by atoms with Crippen molar-refractivity contribution in [2.45, 2.75) is 44.6 Å². The highest BCUT2D eigenvalue weighted by atomic mass is 79.9. The normalized spacial score (nSPS) is 20.3. The summed E-state index contributed by atoms with van der Waals surface area (Å²) in [6, 6.07) is 6.76. The summed E-state index contributed by atoms with van der Waals surface area (Å²) in [6.45, 7) is 0. The van der Waals surface area contributed by atoms with Crippen molar-refractivity contribution < 1.29 is 9.50 Å². The molecule has 1 fully saturated rings. The van der Waals surface area contributed by atoms with E-state index in [9.17, 15) is 14.8 Å². The minimum Gasteiger partial charge on any atom is -0.387 e. The second-order valence-corrected chi connectivity index (χ2v) is 6.17. The molecule has 1 atom stereocenters. The van der Waals surface area contributed by atoms with Gasteiger partial charge in [0.05, 0.1) is 11.5 Å². The van der Waals surface area contributed by atoms with Crippen LogP contribution in [-0.2, 0) is 0 Å². The van der Waals surface area contributed by atoms with Crippen LogP contribution in [0, 0.1) is 22.6 Å². The molecule has 0 saturated heterocycles. The number of nitriles is 1. The van der Waals surface area contributed by atoms with Gasteiger partial charge in [-0.1, -0.05) is 41.6 Å². The van der Waals surface area contributed by atoms with E-state index in [2.05, 4.69) is 22.0 Å². The minimum absolute atomic E-state index is 0.220. The van der Waals surface area contributed by atoms with Gasteiger partial charge in [0.1, 0.15) is 11.9 Å². The van der Waals surface area contributed by atoms with E-state index in [1.54, 1.807) is 12.1 Å². The molecule has 1 aromatic carbocycles. The molecule has 0 bridgehead atoms. The molecule has 2 rings (SSSR count). The van der Waals surface area contributed by atoms with Gasteiger partial charge in [-0.15, -0.1) is 0 Å². The first-order chi connectivity index (χ1) is 9.09. The molecule has 2 nitrogen and oxygen atoms in total. The third kappa shape index (κ3) is 2.98. The Kier molecular flexibility index (Phi) is 4.59. The van der Waals surface area contributed by atoms with Crippen molar-refractivity contribution >= 4 is 15.9 Å². The maximum Gasteiger partial charge on any atom is 0.129 e. The highest BCUT2D eigenvalue weighted by Gasteiger charge is 2.40. The molecule has 102 valence electrons. The summed E-state index contributed by atoms with van der Waals surface area (Å²) in [5.74, 6) is -0.449. The number of halogens is 2. The average Bonchev–Trinajstić information content (AvgIpc) is 2.67. The maximum absolute atomic E-state index is 13.9. The van der Waals surface area contributed by atoms with Gasteiger partial charge in [-0.3, -0.25) is 0 Å². The van der Waals surface area contributed by atoms with Crippen molar-refractivity contribution in [3.63, 3.8) is 0 Å². The fraction of sp³-hybridized carbons (Fsp3) is 0.533. The Hall–Kier alpha value is -0.920. The third-order valence-corrected chi connectivity index (χ3v) is 4.49. The quantitative estimate of drug-likeness (QED) is 0.814. The van der Waals surface area contributed by atoms with Crippen LogP contribution in [0.2, 0.25) is 0 Å². The molecule has 1 N–H and O–H groups in total. The molecule has 0 spiro atoms. The molecule has 0 heterocycles. The van der Waals surface area contributed by atoms with Crippen LogP contribution in [-0.4, -0.2) is 5.11 Å². The Bertz CT molecular complexity index is 489. The van der Waals surface area contributed by atoms with E-state index >= 15 is 0 Å². The Morgan fingerprint density at radius 1 is 1.26 bits per heavy atom. The molecule has 19 heavy (non-hydrogen) atoms. The molecule has 0 aliphatic heterocycles. The average molecular weight is 326 g/mol. The molecular formula is C15H17BrFNO. The second kappa shape index (κ2) is 6.02. The van der Waals surface area contributed by atoms with Gasteiger partial charge in [0.25, 0.3) is 0 Å². The molecule has 1 saturated carbocycles. The van der Waals surface area contributed by atoms with Crippen LogP contribution in [0.25, 0.3) is 0 Å².